The van der Waals surface area contributed by atoms with E-state index in [9.17, 15) is 18.8 Å². The lowest BCUT2D eigenvalue weighted by atomic mass is 10.0. The molecule has 0 saturated heterocycles. The van der Waals surface area contributed by atoms with E-state index < -0.39 is 11.4 Å². The molecule has 1 aliphatic carbocycles. The SMILES string of the molecule is COC(=O)c1ccc(NC(=O)C2(C(=O)NCCc3ccc(F)cc3)CC2)cc1. The number of hydrogen-bond donors (Lipinski definition) is 2. The fraction of sp³-hybridized carbons (Fsp3) is 0.286. The van der Waals surface area contributed by atoms with Crippen LogP contribution in [-0.2, 0) is 20.7 Å². The summed E-state index contributed by atoms with van der Waals surface area (Å²) in [6, 6.07) is 12.3. The molecule has 0 spiro atoms. The van der Waals surface area contributed by atoms with Crippen LogP contribution < -0.4 is 10.6 Å². The zero-order chi connectivity index (χ0) is 20.1. The lowest BCUT2D eigenvalue weighted by Crippen LogP contribution is -2.40. The number of ether oxygens (including phenoxy) is 1. The minimum atomic E-state index is -1.05. The van der Waals surface area contributed by atoms with Crippen molar-refractivity contribution >= 4 is 23.5 Å². The number of rotatable bonds is 7. The van der Waals surface area contributed by atoms with Crippen molar-refractivity contribution in [2.75, 3.05) is 19.0 Å². The fourth-order valence-corrected chi connectivity index (χ4v) is 2.88. The van der Waals surface area contributed by atoms with E-state index in [1.807, 2.05) is 0 Å². The molecular formula is C21H21FN2O4. The van der Waals surface area contributed by atoms with Crippen molar-refractivity contribution in [1.29, 1.82) is 0 Å². The van der Waals surface area contributed by atoms with Crippen LogP contribution in [0, 0.1) is 11.2 Å². The van der Waals surface area contributed by atoms with Crippen molar-refractivity contribution in [3.63, 3.8) is 0 Å². The number of carbonyl (C=O) groups excluding carboxylic acids is 3. The van der Waals surface area contributed by atoms with Gasteiger partial charge in [-0.3, -0.25) is 9.59 Å². The average Bonchev–Trinajstić information content (AvgIpc) is 3.51. The zero-order valence-electron chi connectivity index (χ0n) is 15.5. The summed E-state index contributed by atoms with van der Waals surface area (Å²) in [4.78, 5) is 36.5. The van der Waals surface area contributed by atoms with E-state index in [-0.39, 0.29) is 17.6 Å². The highest BCUT2D eigenvalue weighted by Crippen LogP contribution is 2.46. The van der Waals surface area contributed by atoms with Crippen LogP contribution in [0.4, 0.5) is 10.1 Å². The third kappa shape index (κ3) is 4.36. The summed E-state index contributed by atoms with van der Waals surface area (Å²) in [5.74, 6) is -1.44. The molecule has 7 heteroatoms. The van der Waals surface area contributed by atoms with E-state index in [4.69, 9.17) is 0 Å². The van der Waals surface area contributed by atoms with Crippen molar-refractivity contribution in [1.82, 2.24) is 5.32 Å². The summed E-state index contributed by atoms with van der Waals surface area (Å²) >= 11 is 0. The zero-order valence-corrected chi connectivity index (χ0v) is 15.5. The molecule has 146 valence electrons. The number of carbonyl (C=O) groups is 3. The van der Waals surface area contributed by atoms with Crippen molar-refractivity contribution < 1.29 is 23.5 Å². The maximum Gasteiger partial charge on any atom is 0.337 e. The van der Waals surface area contributed by atoms with E-state index in [0.717, 1.165) is 5.56 Å². The molecule has 1 aliphatic rings. The first-order chi connectivity index (χ1) is 13.4. The van der Waals surface area contributed by atoms with Crippen LogP contribution in [0.3, 0.4) is 0 Å². The van der Waals surface area contributed by atoms with Crippen LogP contribution >= 0.6 is 0 Å². The molecule has 2 amide bonds. The molecule has 3 rings (SSSR count). The number of amides is 2. The number of anilines is 1. The number of methoxy groups -OCH3 is 1. The molecule has 0 heterocycles. The first-order valence-corrected chi connectivity index (χ1v) is 8.97. The quantitative estimate of drug-likeness (QED) is 0.568. The second-order valence-corrected chi connectivity index (χ2v) is 6.74. The Bertz CT molecular complexity index is 874. The predicted molar refractivity (Wildman–Crippen MR) is 101 cm³/mol. The van der Waals surface area contributed by atoms with Gasteiger partial charge in [-0.1, -0.05) is 12.1 Å². The fourth-order valence-electron chi connectivity index (χ4n) is 2.88. The molecule has 0 bridgehead atoms. The molecule has 2 aromatic carbocycles. The van der Waals surface area contributed by atoms with Gasteiger partial charge in [-0.05, 0) is 61.2 Å². The third-order valence-electron chi connectivity index (χ3n) is 4.80. The normalized spacial score (nSPS) is 14.1. The van der Waals surface area contributed by atoms with Crippen LogP contribution in [0.15, 0.2) is 48.5 Å². The van der Waals surface area contributed by atoms with Gasteiger partial charge in [-0.2, -0.15) is 0 Å². The maximum absolute atomic E-state index is 12.9. The molecule has 0 atom stereocenters. The second kappa shape index (κ2) is 8.21. The maximum atomic E-state index is 12.9. The molecule has 1 saturated carbocycles. The molecule has 0 radical (unpaired) electrons. The van der Waals surface area contributed by atoms with Crippen LogP contribution in [-0.4, -0.2) is 31.4 Å². The minimum Gasteiger partial charge on any atom is -0.465 e. The van der Waals surface area contributed by atoms with Gasteiger partial charge in [0.2, 0.25) is 11.8 Å². The van der Waals surface area contributed by atoms with Crippen LogP contribution in [0.25, 0.3) is 0 Å². The van der Waals surface area contributed by atoms with Gasteiger partial charge in [-0.25, -0.2) is 9.18 Å². The van der Waals surface area contributed by atoms with Gasteiger partial charge in [0.05, 0.1) is 12.7 Å². The Morgan fingerprint density at radius 3 is 2.21 bits per heavy atom. The third-order valence-corrected chi connectivity index (χ3v) is 4.80. The molecule has 1 fully saturated rings. The first kappa shape index (κ1) is 19.5. The van der Waals surface area contributed by atoms with E-state index in [1.54, 1.807) is 36.4 Å². The van der Waals surface area contributed by atoms with Crippen LogP contribution in [0.5, 0.6) is 0 Å². The lowest BCUT2D eigenvalue weighted by Gasteiger charge is -2.15. The largest absolute Gasteiger partial charge is 0.465 e. The highest BCUT2D eigenvalue weighted by atomic mass is 19.1. The van der Waals surface area contributed by atoms with Gasteiger partial charge < -0.3 is 15.4 Å². The Balaban J connectivity index is 1.53. The first-order valence-electron chi connectivity index (χ1n) is 8.97. The number of halogens is 1. The standard InChI is InChI=1S/C21H21FN2O4/c1-28-18(25)15-4-8-17(9-5-15)24-20(27)21(11-12-21)19(26)23-13-10-14-2-6-16(22)7-3-14/h2-9H,10-13H2,1H3,(H,23,26)(H,24,27). The van der Waals surface area contributed by atoms with Gasteiger partial charge >= 0.3 is 5.97 Å². The highest BCUT2D eigenvalue weighted by Gasteiger charge is 2.56. The van der Waals surface area contributed by atoms with Gasteiger partial charge in [0, 0.05) is 12.2 Å². The predicted octanol–water partition coefficient (Wildman–Crippen LogP) is 2.69. The Hall–Kier alpha value is -3.22. The lowest BCUT2D eigenvalue weighted by molar-refractivity contribution is -0.134. The Kier molecular flexibility index (Phi) is 5.73. The number of benzene rings is 2. The second-order valence-electron chi connectivity index (χ2n) is 6.74. The molecule has 0 aliphatic heterocycles. The molecule has 0 aromatic heterocycles. The van der Waals surface area contributed by atoms with Gasteiger partial charge in [0.25, 0.3) is 0 Å². The molecule has 6 nitrogen and oxygen atoms in total. The summed E-state index contributed by atoms with van der Waals surface area (Å²) < 4.78 is 17.5. The summed E-state index contributed by atoms with van der Waals surface area (Å²) in [5, 5.41) is 5.52. The van der Waals surface area contributed by atoms with Crippen LogP contribution in [0.1, 0.15) is 28.8 Å². The molecule has 28 heavy (non-hydrogen) atoms. The number of esters is 1. The number of nitrogens with one attached hydrogen (secondary N) is 2. The monoisotopic (exact) mass is 384 g/mol. The smallest absolute Gasteiger partial charge is 0.337 e. The average molecular weight is 384 g/mol. The summed E-state index contributed by atoms with van der Waals surface area (Å²) in [6.45, 7) is 0.368. The van der Waals surface area contributed by atoms with E-state index in [1.165, 1.54) is 19.2 Å². The van der Waals surface area contributed by atoms with E-state index in [2.05, 4.69) is 15.4 Å². The van der Waals surface area contributed by atoms with Crippen molar-refractivity contribution in [3.8, 4) is 0 Å². The molecule has 0 unspecified atom stereocenters. The Morgan fingerprint density at radius 1 is 1.00 bits per heavy atom. The molecule has 2 aromatic rings. The molecular weight excluding hydrogens is 363 g/mol. The van der Waals surface area contributed by atoms with Gasteiger partial charge in [0.1, 0.15) is 11.2 Å². The molecule has 2 N–H and O–H groups in total. The van der Waals surface area contributed by atoms with Gasteiger partial charge in [-0.15, -0.1) is 0 Å². The van der Waals surface area contributed by atoms with Gasteiger partial charge in [0.15, 0.2) is 0 Å². The Morgan fingerprint density at radius 2 is 1.64 bits per heavy atom. The Labute approximate surface area is 162 Å². The summed E-state index contributed by atoms with van der Waals surface area (Å²) in [6.07, 6.45) is 1.53. The van der Waals surface area contributed by atoms with E-state index in [0.29, 0.717) is 37.1 Å². The van der Waals surface area contributed by atoms with E-state index >= 15 is 0 Å². The highest BCUT2D eigenvalue weighted by molar-refractivity contribution is 6.13. The topological polar surface area (TPSA) is 84.5 Å². The number of hydrogen-bond acceptors (Lipinski definition) is 4. The summed E-state index contributed by atoms with van der Waals surface area (Å²) in [5.41, 5.74) is 0.731. The van der Waals surface area contributed by atoms with Crippen molar-refractivity contribution in [3.05, 3.63) is 65.5 Å². The van der Waals surface area contributed by atoms with Crippen molar-refractivity contribution in [2.24, 2.45) is 5.41 Å². The minimum absolute atomic E-state index is 0.305. The van der Waals surface area contributed by atoms with Crippen molar-refractivity contribution in [2.45, 2.75) is 19.3 Å². The van der Waals surface area contributed by atoms with Crippen LogP contribution in [0.2, 0.25) is 0 Å². The summed E-state index contributed by atoms with van der Waals surface area (Å²) in [7, 11) is 1.30.